The van der Waals surface area contributed by atoms with Gasteiger partial charge in [-0.3, -0.25) is 19.2 Å². The number of nitrogens with one attached hydrogen (secondary N) is 4. The molecule has 1 saturated heterocycles. The van der Waals surface area contributed by atoms with E-state index in [1.54, 1.807) is 0 Å². The Kier molecular flexibility index (Phi) is 17.4. The van der Waals surface area contributed by atoms with Crippen LogP contribution in [0.15, 0.2) is 0 Å². The number of aliphatic hydroxyl groups is 4. The zero-order valence-electron chi connectivity index (χ0n) is 21.9. The lowest BCUT2D eigenvalue weighted by Crippen LogP contribution is -2.63. The van der Waals surface area contributed by atoms with Crippen LogP contribution in [0.4, 0.5) is 0 Å². The minimum Gasteiger partial charge on any atom is -0.394 e. The van der Waals surface area contributed by atoms with Gasteiger partial charge in [-0.25, -0.2) is 0 Å². The highest BCUT2D eigenvalue weighted by atomic mass is 16.6. The SMILES string of the molecule is NCC(=O)NCC(=O)NCC(=O)NCCCCCCCCCCCC(=O)N[C@@H]1O[C@H](CO)[C@@H](O)[C@H](O)[C@H]1O. The van der Waals surface area contributed by atoms with Crippen molar-refractivity contribution in [1.82, 2.24) is 21.3 Å². The Bertz CT molecular complexity index is 725. The van der Waals surface area contributed by atoms with Crippen molar-refractivity contribution in [3.05, 3.63) is 0 Å². The van der Waals surface area contributed by atoms with Gasteiger partial charge in [0.15, 0.2) is 6.23 Å². The minimum atomic E-state index is -1.52. The molecule has 0 bridgehead atoms. The van der Waals surface area contributed by atoms with Crippen LogP contribution in [-0.2, 0) is 23.9 Å². The third kappa shape index (κ3) is 14.0. The van der Waals surface area contributed by atoms with Crippen LogP contribution in [0.2, 0.25) is 0 Å². The molecule has 10 N–H and O–H groups in total. The van der Waals surface area contributed by atoms with Crippen molar-refractivity contribution in [3.8, 4) is 0 Å². The quantitative estimate of drug-likeness (QED) is 0.0749. The van der Waals surface area contributed by atoms with E-state index in [4.69, 9.17) is 10.5 Å². The van der Waals surface area contributed by atoms with Gasteiger partial charge in [-0.2, -0.15) is 0 Å². The smallest absolute Gasteiger partial charge is 0.239 e. The predicted octanol–water partition coefficient (Wildman–Crippen LogP) is -2.89. The number of carbonyl (C=O) groups is 4. The molecule has 1 aliphatic heterocycles. The van der Waals surface area contributed by atoms with Gasteiger partial charge in [0.1, 0.15) is 24.4 Å². The van der Waals surface area contributed by atoms with Crippen LogP contribution < -0.4 is 27.0 Å². The molecule has 38 heavy (non-hydrogen) atoms. The fraction of sp³-hybridized carbons (Fsp3) is 0.833. The maximum Gasteiger partial charge on any atom is 0.239 e. The summed E-state index contributed by atoms with van der Waals surface area (Å²) in [5, 5.41) is 48.6. The van der Waals surface area contributed by atoms with Crippen LogP contribution >= 0.6 is 0 Å². The van der Waals surface area contributed by atoms with Gasteiger partial charge >= 0.3 is 0 Å². The topological polar surface area (TPSA) is 233 Å². The van der Waals surface area contributed by atoms with E-state index in [1.165, 1.54) is 0 Å². The molecule has 14 heteroatoms. The van der Waals surface area contributed by atoms with Gasteiger partial charge in [-0.15, -0.1) is 0 Å². The van der Waals surface area contributed by atoms with E-state index in [-0.39, 0.29) is 37.9 Å². The lowest BCUT2D eigenvalue weighted by molar-refractivity contribution is -0.236. The average molecular weight is 548 g/mol. The first-order chi connectivity index (χ1) is 18.2. The Morgan fingerprint density at radius 3 is 1.76 bits per heavy atom. The molecule has 1 rings (SSSR count). The molecule has 1 aliphatic rings. The van der Waals surface area contributed by atoms with Crippen molar-refractivity contribution in [3.63, 3.8) is 0 Å². The van der Waals surface area contributed by atoms with Crippen molar-refractivity contribution in [2.75, 3.05) is 32.8 Å². The van der Waals surface area contributed by atoms with Gasteiger partial charge in [-0.1, -0.05) is 44.9 Å². The number of nitrogens with two attached hydrogens (primary N) is 1. The summed E-state index contributed by atoms with van der Waals surface area (Å²) >= 11 is 0. The average Bonchev–Trinajstić information content (AvgIpc) is 2.91. The summed E-state index contributed by atoms with van der Waals surface area (Å²) in [6.07, 6.45) is 2.17. The number of hydrogen-bond donors (Lipinski definition) is 9. The molecule has 0 aromatic heterocycles. The Labute approximate surface area is 223 Å². The first kappa shape index (κ1) is 33.7. The second-order valence-electron chi connectivity index (χ2n) is 9.36. The van der Waals surface area contributed by atoms with E-state index >= 15 is 0 Å². The van der Waals surface area contributed by atoms with Gasteiger partial charge in [0.25, 0.3) is 0 Å². The summed E-state index contributed by atoms with van der Waals surface area (Å²) in [6, 6.07) is 0. The van der Waals surface area contributed by atoms with Gasteiger partial charge in [0, 0.05) is 13.0 Å². The first-order valence-electron chi connectivity index (χ1n) is 13.3. The summed E-state index contributed by atoms with van der Waals surface area (Å²) in [4.78, 5) is 46.2. The van der Waals surface area contributed by atoms with Crippen molar-refractivity contribution in [2.24, 2.45) is 5.73 Å². The van der Waals surface area contributed by atoms with Crippen LogP contribution in [0, 0.1) is 0 Å². The Balaban J connectivity index is 1.94. The number of rotatable bonds is 19. The summed E-state index contributed by atoms with van der Waals surface area (Å²) in [7, 11) is 0. The van der Waals surface area contributed by atoms with Crippen LogP contribution in [0.3, 0.4) is 0 Å². The first-order valence-corrected chi connectivity index (χ1v) is 13.3. The van der Waals surface area contributed by atoms with E-state index in [0.29, 0.717) is 13.0 Å². The largest absolute Gasteiger partial charge is 0.394 e. The number of unbranched alkanes of at least 4 members (excludes halogenated alkanes) is 8. The highest BCUT2D eigenvalue weighted by molar-refractivity contribution is 5.88. The van der Waals surface area contributed by atoms with E-state index < -0.39 is 49.1 Å². The summed E-state index contributed by atoms with van der Waals surface area (Å²) in [6.45, 7) is -0.580. The predicted molar refractivity (Wildman–Crippen MR) is 136 cm³/mol. The molecule has 0 saturated carbocycles. The van der Waals surface area contributed by atoms with Crippen LogP contribution in [-0.4, -0.2) is 107 Å². The zero-order valence-corrected chi connectivity index (χ0v) is 21.9. The molecular formula is C24H45N5O9. The summed E-state index contributed by atoms with van der Waals surface area (Å²) < 4.78 is 5.26. The molecule has 1 heterocycles. The molecule has 0 unspecified atom stereocenters. The molecule has 14 nitrogen and oxygen atoms in total. The van der Waals surface area contributed by atoms with Gasteiger partial charge in [0.05, 0.1) is 26.2 Å². The third-order valence-electron chi connectivity index (χ3n) is 6.18. The molecular weight excluding hydrogens is 502 g/mol. The number of carbonyl (C=O) groups excluding carboxylic acids is 4. The summed E-state index contributed by atoms with van der Waals surface area (Å²) in [5.41, 5.74) is 5.12. The lowest BCUT2D eigenvalue weighted by Gasteiger charge is -2.40. The molecule has 0 spiro atoms. The Hall–Kier alpha value is -2.36. The fourth-order valence-electron chi connectivity index (χ4n) is 3.88. The molecule has 220 valence electrons. The fourth-order valence-corrected chi connectivity index (χ4v) is 3.88. The molecule has 1 fully saturated rings. The van der Waals surface area contributed by atoms with Crippen molar-refractivity contribution in [1.29, 1.82) is 0 Å². The van der Waals surface area contributed by atoms with Crippen molar-refractivity contribution in [2.45, 2.75) is 94.9 Å². The third-order valence-corrected chi connectivity index (χ3v) is 6.18. The molecule has 0 aromatic carbocycles. The second kappa shape index (κ2) is 19.7. The normalized spacial score (nSPS) is 22.9. The number of aliphatic hydroxyl groups excluding tert-OH is 4. The van der Waals surface area contributed by atoms with Gasteiger partial charge in [-0.05, 0) is 12.8 Å². The van der Waals surface area contributed by atoms with E-state index in [2.05, 4.69) is 21.3 Å². The maximum atomic E-state index is 12.1. The maximum absolute atomic E-state index is 12.1. The van der Waals surface area contributed by atoms with E-state index in [9.17, 15) is 39.6 Å². The monoisotopic (exact) mass is 547 g/mol. The number of ether oxygens (including phenoxy) is 1. The van der Waals surface area contributed by atoms with Gasteiger partial charge in [0.2, 0.25) is 23.6 Å². The van der Waals surface area contributed by atoms with Crippen LogP contribution in [0.1, 0.15) is 64.2 Å². The second-order valence-corrected chi connectivity index (χ2v) is 9.36. The van der Waals surface area contributed by atoms with Crippen LogP contribution in [0.25, 0.3) is 0 Å². The van der Waals surface area contributed by atoms with E-state index in [0.717, 1.165) is 51.4 Å². The summed E-state index contributed by atoms with van der Waals surface area (Å²) in [5.74, 6) is -1.52. The van der Waals surface area contributed by atoms with Crippen molar-refractivity contribution >= 4 is 23.6 Å². The zero-order chi connectivity index (χ0) is 28.3. The standard InChI is InChI=1S/C24H45N5O9/c25-12-18(32)27-14-20(34)28-13-19(33)26-11-9-7-5-3-1-2-4-6-8-10-17(31)29-24-23(37)22(36)21(35)16(15-30)38-24/h16,21-24,30,35-37H,1-15,25H2,(H,26,33)(H,27,32)(H,28,34)(H,29,31)/t16-,21-,22+,23-,24-/m1/s1. The van der Waals surface area contributed by atoms with Crippen molar-refractivity contribution < 1.29 is 44.3 Å². The Morgan fingerprint density at radius 1 is 0.658 bits per heavy atom. The minimum absolute atomic E-state index is 0.146. The van der Waals surface area contributed by atoms with Crippen LogP contribution in [0.5, 0.6) is 0 Å². The van der Waals surface area contributed by atoms with Gasteiger partial charge < -0.3 is 52.2 Å². The van der Waals surface area contributed by atoms with E-state index in [1.807, 2.05) is 0 Å². The molecule has 0 radical (unpaired) electrons. The highest BCUT2D eigenvalue weighted by Crippen LogP contribution is 2.20. The molecule has 0 aromatic rings. The Morgan fingerprint density at radius 2 is 1.18 bits per heavy atom. The lowest BCUT2D eigenvalue weighted by atomic mass is 9.98. The molecule has 5 atom stereocenters. The number of hydrogen-bond acceptors (Lipinski definition) is 10. The molecule has 4 amide bonds. The number of amides is 4. The molecule has 0 aliphatic carbocycles. The highest BCUT2D eigenvalue weighted by Gasteiger charge is 2.43.